The lowest BCUT2D eigenvalue weighted by Gasteiger charge is -2.31. The van der Waals surface area contributed by atoms with Gasteiger partial charge in [0.1, 0.15) is 5.75 Å². The van der Waals surface area contributed by atoms with Crippen LogP contribution in [0.1, 0.15) is 34.9 Å². The van der Waals surface area contributed by atoms with Gasteiger partial charge in [0.15, 0.2) is 11.5 Å². The molecule has 0 saturated carbocycles. The zero-order chi connectivity index (χ0) is 21.2. The lowest BCUT2D eigenvalue weighted by atomic mass is 9.97. The van der Waals surface area contributed by atoms with Crippen LogP contribution in [0.5, 0.6) is 5.75 Å². The molecule has 4 aromatic rings. The molecule has 3 aromatic heterocycles. The van der Waals surface area contributed by atoms with Gasteiger partial charge in [-0.05, 0) is 54.8 Å². The number of pyridine rings is 2. The molecule has 1 fully saturated rings. The average Bonchev–Trinajstić information content (AvgIpc) is 3.28. The highest BCUT2D eigenvalue weighted by Gasteiger charge is 2.28. The molecule has 31 heavy (non-hydrogen) atoms. The number of benzene rings is 1. The number of aromatic nitrogens is 4. The summed E-state index contributed by atoms with van der Waals surface area (Å²) in [5, 5.41) is 4.76. The zero-order valence-electron chi connectivity index (χ0n) is 17.3. The van der Waals surface area contributed by atoms with Crippen molar-refractivity contribution in [3.05, 3.63) is 78.5 Å². The highest BCUT2D eigenvalue weighted by atomic mass is 16.5. The third-order valence-corrected chi connectivity index (χ3v) is 5.75. The Balaban J connectivity index is 1.39. The van der Waals surface area contributed by atoms with E-state index >= 15 is 0 Å². The molecule has 156 valence electrons. The minimum atomic E-state index is 0.0381. The number of likely N-dealkylation sites (tertiary alicyclic amines) is 1. The van der Waals surface area contributed by atoms with E-state index < -0.39 is 0 Å². The molecule has 0 aliphatic carbocycles. The highest BCUT2D eigenvalue weighted by Crippen LogP contribution is 2.28. The number of rotatable bonds is 4. The van der Waals surface area contributed by atoms with Crippen molar-refractivity contribution in [1.82, 2.24) is 24.5 Å². The van der Waals surface area contributed by atoms with Crippen LogP contribution >= 0.6 is 0 Å². The molecule has 4 heterocycles. The summed E-state index contributed by atoms with van der Waals surface area (Å²) in [7, 11) is 1.67. The van der Waals surface area contributed by atoms with Crippen LogP contribution in [0.3, 0.4) is 0 Å². The molecule has 7 nitrogen and oxygen atoms in total. The van der Waals surface area contributed by atoms with Crippen LogP contribution in [0.4, 0.5) is 0 Å². The summed E-state index contributed by atoms with van der Waals surface area (Å²) in [4.78, 5) is 23.5. The van der Waals surface area contributed by atoms with Crippen molar-refractivity contribution in [3.63, 3.8) is 0 Å². The van der Waals surface area contributed by atoms with E-state index in [2.05, 4.69) is 4.98 Å². The number of hydrogen-bond donors (Lipinski definition) is 0. The molecule has 0 radical (unpaired) electrons. The SMILES string of the molecule is COc1cccc(-c2ccc3nc(C4CCCN(C(=O)c5ccncc5)C4)nn3c2)c1. The lowest BCUT2D eigenvalue weighted by Crippen LogP contribution is -2.39. The number of fused-ring (bicyclic) bond motifs is 1. The molecule has 1 atom stereocenters. The van der Waals surface area contributed by atoms with Crippen molar-refractivity contribution < 1.29 is 9.53 Å². The summed E-state index contributed by atoms with van der Waals surface area (Å²) in [5.74, 6) is 1.77. The highest BCUT2D eigenvalue weighted by molar-refractivity contribution is 5.94. The van der Waals surface area contributed by atoms with Crippen LogP contribution in [0.15, 0.2) is 67.1 Å². The Morgan fingerprint density at radius 1 is 1.10 bits per heavy atom. The molecule has 0 N–H and O–H groups in total. The van der Waals surface area contributed by atoms with Gasteiger partial charge in [0.2, 0.25) is 0 Å². The monoisotopic (exact) mass is 413 g/mol. The summed E-state index contributed by atoms with van der Waals surface area (Å²) in [6, 6.07) is 15.5. The van der Waals surface area contributed by atoms with Crippen LogP contribution in [-0.4, -0.2) is 50.6 Å². The summed E-state index contributed by atoms with van der Waals surface area (Å²) in [5.41, 5.74) is 3.58. The maximum atomic E-state index is 12.8. The molecule has 1 amide bonds. The van der Waals surface area contributed by atoms with E-state index in [1.165, 1.54) is 0 Å². The molecule has 7 heteroatoms. The van der Waals surface area contributed by atoms with Gasteiger partial charge in [0.05, 0.1) is 7.11 Å². The van der Waals surface area contributed by atoms with Crippen LogP contribution in [0.2, 0.25) is 0 Å². The van der Waals surface area contributed by atoms with Crippen LogP contribution in [-0.2, 0) is 0 Å². The van der Waals surface area contributed by atoms with E-state index in [1.807, 2.05) is 52.0 Å². The third kappa shape index (κ3) is 3.86. The van der Waals surface area contributed by atoms with E-state index in [4.69, 9.17) is 14.8 Å². The van der Waals surface area contributed by atoms with Crippen molar-refractivity contribution in [2.75, 3.05) is 20.2 Å². The minimum absolute atomic E-state index is 0.0381. The molecule has 1 aliphatic rings. The van der Waals surface area contributed by atoms with Gasteiger partial charge >= 0.3 is 0 Å². The summed E-state index contributed by atoms with van der Waals surface area (Å²) >= 11 is 0. The Morgan fingerprint density at radius 3 is 2.81 bits per heavy atom. The second-order valence-electron chi connectivity index (χ2n) is 7.75. The maximum absolute atomic E-state index is 12.8. The molecule has 0 bridgehead atoms. The Hall–Kier alpha value is -3.74. The Morgan fingerprint density at radius 2 is 1.97 bits per heavy atom. The Labute approximate surface area is 180 Å². The zero-order valence-corrected chi connectivity index (χ0v) is 17.3. The van der Waals surface area contributed by atoms with Crippen molar-refractivity contribution >= 4 is 11.6 Å². The van der Waals surface area contributed by atoms with Crippen LogP contribution in [0.25, 0.3) is 16.8 Å². The first-order valence-electron chi connectivity index (χ1n) is 10.4. The van der Waals surface area contributed by atoms with Gasteiger partial charge < -0.3 is 9.64 Å². The minimum Gasteiger partial charge on any atom is -0.497 e. The first-order valence-corrected chi connectivity index (χ1v) is 10.4. The van der Waals surface area contributed by atoms with Crippen molar-refractivity contribution in [2.45, 2.75) is 18.8 Å². The first kappa shape index (κ1) is 19.2. The van der Waals surface area contributed by atoms with Gasteiger partial charge in [0.25, 0.3) is 5.91 Å². The second kappa shape index (κ2) is 8.18. The van der Waals surface area contributed by atoms with Gasteiger partial charge in [-0.3, -0.25) is 9.78 Å². The number of carbonyl (C=O) groups is 1. The molecule has 1 unspecified atom stereocenters. The molecule has 5 rings (SSSR count). The largest absolute Gasteiger partial charge is 0.497 e. The topological polar surface area (TPSA) is 72.6 Å². The number of piperidine rings is 1. The number of amides is 1. The van der Waals surface area contributed by atoms with Gasteiger partial charge in [-0.1, -0.05) is 12.1 Å². The van der Waals surface area contributed by atoms with Crippen LogP contribution in [0, 0.1) is 0 Å². The predicted octanol–water partition coefficient (Wildman–Crippen LogP) is 3.82. The van der Waals surface area contributed by atoms with Crippen LogP contribution < -0.4 is 4.74 Å². The fourth-order valence-corrected chi connectivity index (χ4v) is 4.10. The van der Waals surface area contributed by atoms with Gasteiger partial charge in [-0.2, -0.15) is 5.10 Å². The standard InChI is InChI=1S/C24H23N5O2/c1-31-21-6-2-4-18(14-21)19-7-8-22-26-23(27-29(22)16-19)20-5-3-13-28(15-20)24(30)17-9-11-25-12-10-17/h2,4,6-12,14,16,20H,3,5,13,15H2,1H3. The molecule has 1 aromatic carbocycles. The van der Waals surface area contributed by atoms with Gasteiger partial charge in [-0.15, -0.1) is 0 Å². The molecule has 0 spiro atoms. The second-order valence-corrected chi connectivity index (χ2v) is 7.75. The maximum Gasteiger partial charge on any atom is 0.253 e. The third-order valence-electron chi connectivity index (χ3n) is 5.75. The smallest absolute Gasteiger partial charge is 0.253 e. The number of nitrogens with zero attached hydrogens (tertiary/aromatic N) is 5. The fraction of sp³-hybridized carbons (Fsp3) is 0.250. The Bertz CT molecular complexity index is 1220. The quantitative estimate of drug-likeness (QED) is 0.509. The molecular weight excluding hydrogens is 390 g/mol. The Kier molecular flexibility index (Phi) is 5.08. The first-order chi connectivity index (χ1) is 15.2. The summed E-state index contributed by atoms with van der Waals surface area (Å²) < 4.78 is 7.17. The van der Waals surface area contributed by atoms with E-state index in [0.717, 1.165) is 47.7 Å². The molecular formula is C24H23N5O2. The fourth-order valence-electron chi connectivity index (χ4n) is 4.10. The van der Waals surface area contributed by atoms with Crippen molar-refractivity contribution in [1.29, 1.82) is 0 Å². The molecule has 1 aliphatic heterocycles. The average molecular weight is 413 g/mol. The number of methoxy groups -OCH3 is 1. The van der Waals surface area contributed by atoms with E-state index in [1.54, 1.807) is 31.6 Å². The van der Waals surface area contributed by atoms with E-state index in [0.29, 0.717) is 12.1 Å². The predicted molar refractivity (Wildman–Crippen MR) is 117 cm³/mol. The van der Waals surface area contributed by atoms with Crippen molar-refractivity contribution in [3.8, 4) is 16.9 Å². The summed E-state index contributed by atoms with van der Waals surface area (Å²) in [6.07, 6.45) is 7.20. The number of ether oxygens (including phenoxy) is 1. The van der Waals surface area contributed by atoms with E-state index in [-0.39, 0.29) is 11.8 Å². The summed E-state index contributed by atoms with van der Waals surface area (Å²) in [6.45, 7) is 1.38. The van der Waals surface area contributed by atoms with Gasteiger partial charge in [0, 0.05) is 48.7 Å². The van der Waals surface area contributed by atoms with Gasteiger partial charge in [-0.25, -0.2) is 9.50 Å². The lowest BCUT2D eigenvalue weighted by molar-refractivity contribution is 0.0704. The van der Waals surface area contributed by atoms with E-state index in [9.17, 15) is 4.79 Å². The molecule has 1 saturated heterocycles. The normalized spacial score (nSPS) is 16.4. The van der Waals surface area contributed by atoms with Crippen molar-refractivity contribution in [2.24, 2.45) is 0 Å². The number of carbonyl (C=O) groups excluding carboxylic acids is 1. The number of hydrogen-bond acceptors (Lipinski definition) is 5.